The first-order valence-electron chi connectivity index (χ1n) is 10.9. The fraction of sp³-hybridized carbons (Fsp3) is 0.417. The molecule has 7 heteroatoms. The summed E-state index contributed by atoms with van der Waals surface area (Å²) in [6.07, 6.45) is 1.91. The molecule has 31 heavy (non-hydrogen) atoms. The molecule has 2 aliphatic heterocycles. The molecule has 164 valence electrons. The summed E-state index contributed by atoms with van der Waals surface area (Å²) in [5.41, 5.74) is 3.72. The average Bonchev–Trinajstić information content (AvgIpc) is 3.27. The summed E-state index contributed by atoms with van der Waals surface area (Å²) >= 11 is 0. The molecule has 0 aromatic heterocycles. The number of nitrogens with zero attached hydrogens (tertiary/aromatic N) is 1. The molecule has 1 amide bonds. The van der Waals surface area contributed by atoms with Crippen molar-refractivity contribution in [2.75, 3.05) is 31.6 Å². The van der Waals surface area contributed by atoms with E-state index in [1.54, 1.807) is 12.1 Å². The molecule has 1 fully saturated rings. The fourth-order valence-corrected chi connectivity index (χ4v) is 4.32. The smallest absolute Gasteiger partial charge is 0.411 e. The number of piperidine rings is 1. The fourth-order valence-electron chi connectivity index (χ4n) is 4.32. The number of Topliss-reactive ketones (excluding diaryl/α,β-unsaturated/α-hetero) is 1. The Morgan fingerprint density at radius 2 is 1.87 bits per heavy atom. The lowest BCUT2D eigenvalue weighted by atomic mass is 9.89. The van der Waals surface area contributed by atoms with Gasteiger partial charge in [-0.05, 0) is 73.8 Å². The second-order valence-corrected chi connectivity index (χ2v) is 8.15. The first kappa shape index (κ1) is 21.5. The van der Waals surface area contributed by atoms with Crippen LogP contribution in [0.15, 0.2) is 42.5 Å². The Morgan fingerprint density at radius 1 is 1.10 bits per heavy atom. The van der Waals surface area contributed by atoms with Gasteiger partial charge in [-0.2, -0.15) is 0 Å². The lowest BCUT2D eigenvalue weighted by Gasteiger charge is -2.31. The van der Waals surface area contributed by atoms with E-state index >= 15 is 0 Å². The van der Waals surface area contributed by atoms with Crippen molar-refractivity contribution in [1.82, 2.24) is 10.2 Å². The lowest BCUT2D eigenvalue weighted by molar-refractivity contribution is 0.0830. The van der Waals surface area contributed by atoms with Crippen molar-refractivity contribution in [2.45, 2.75) is 32.4 Å². The molecule has 1 saturated heterocycles. The Kier molecular flexibility index (Phi) is 6.94. The van der Waals surface area contributed by atoms with Gasteiger partial charge in [-0.15, -0.1) is 0 Å². The molecule has 6 nitrogen and oxygen atoms in total. The zero-order valence-electron chi connectivity index (χ0n) is 17.5. The van der Waals surface area contributed by atoms with Crippen molar-refractivity contribution in [3.8, 4) is 0 Å². The molecular weight excluding hydrogens is 397 g/mol. The maximum Gasteiger partial charge on any atom is 0.411 e. The SMILES string of the molecule is O=C(Nc1cccc2c1CNC2)OCCCN1CCC(C(=O)c2ccc(F)cc2)CC1. The minimum absolute atomic E-state index is 0.00849. The molecule has 0 radical (unpaired) electrons. The van der Waals surface area contributed by atoms with Crippen LogP contribution in [0.2, 0.25) is 0 Å². The predicted octanol–water partition coefficient (Wildman–Crippen LogP) is 3.96. The van der Waals surface area contributed by atoms with Crippen molar-refractivity contribution < 1.29 is 18.7 Å². The van der Waals surface area contributed by atoms with Crippen LogP contribution < -0.4 is 10.6 Å². The highest BCUT2D eigenvalue weighted by Gasteiger charge is 2.25. The minimum Gasteiger partial charge on any atom is -0.449 e. The summed E-state index contributed by atoms with van der Waals surface area (Å²) < 4.78 is 18.4. The van der Waals surface area contributed by atoms with E-state index < -0.39 is 6.09 Å². The number of rotatable bonds is 7. The second-order valence-electron chi connectivity index (χ2n) is 8.15. The Balaban J connectivity index is 1.14. The average molecular weight is 426 g/mol. The Labute approximate surface area is 181 Å². The van der Waals surface area contributed by atoms with Gasteiger partial charge in [-0.25, -0.2) is 9.18 Å². The summed E-state index contributed by atoms with van der Waals surface area (Å²) in [6.45, 7) is 4.44. The summed E-state index contributed by atoms with van der Waals surface area (Å²) in [5, 5.41) is 6.12. The van der Waals surface area contributed by atoms with Crippen molar-refractivity contribution >= 4 is 17.6 Å². The van der Waals surface area contributed by atoms with Crippen molar-refractivity contribution in [3.63, 3.8) is 0 Å². The number of benzene rings is 2. The van der Waals surface area contributed by atoms with Crippen LogP contribution in [0.25, 0.3) is 0 Å². The van der Waals surface area contributed by atoms with E-state index in [0.717, 1.165) is 63.2 Å². The normalized spacial score (nSPS) is 16.7. The van der Waals surface area contributed by atoms with Crippen LogP contribution in [0, 0.1) is 11.7 Å². The van der Waals surface area contributed by atoms with Gasteiger partial charge in [0.2, 0.25) is 0 Å². The molecule has 4 rings (SSSR count). The summed E-state index contributed by atoms with van der Waals surface area (Å²) in [4.78, 5) is 27.0. The number of anilines is 1. The maximum atomic E-state index is 13.0. The first-order chi connectivity index (χ1) is 15.1. The van der Waals surface area contributed by atoms with Gasteiger partial charge in [0, 0.05) is 36.8 Å². The van der Waals surface area contributed by atoms with E-state index in [1.807, 2.05) is 12.1 Å². The number of likely N-dealkylation sites (tertiary alicyclic amines) is 1. The molecule has 2 aromatic rings. The van der Waals surface area contributed by atoms with Gasteiger partial charge in [0.15, 0.2) is 5.78 Å². The van der Waals surface area contributed by atoms with Crippen LogP contribution >= 0.6 is 0 Å². The highest BCUT2D eigenvalue weighted by Crippen LogP contribution is 2.24. The Hall–Kier alpha value is -2.77. The molecule has 2 heterocycles. The number of ether oxygens (including phenoxy) is 1. The molecule has 0 bridgehead atoms. The number of amides is 1. The molecule has 0 spiro atoms. The summed E-state index contributed by atoms with van der Waals surface area (Å²) in [7, 11) is 0. The zero-order valence-corrected chi connectivity index (χ0v) is 17.5. The number of ketones is 1. The van der Waals surface area contributed by atoms with Crippen LogP contribution in [0.5, 0.6) is 0 Å². The number of fused-ring (bicyclic) bond motifs is 1. The van der Waals surface area contributed by atoms with E-state index in [4.69, 9.17) is 4.74 Å². The second kappa shape index (κ2) is 10.0. The molecule has 0 saturated carbocycles. The number of halogens is 1. The van der Waals surface area contributed by atoms with E-state index in [2.05, 4.69) is 21.6 Å². The maximum absolute atomic E-state index is 13.0. The predicted molar refractivity (Wildman–Crippen MR) is 116 cm³/mol. The molecule has 0 aliphatic carbocycles. The minimum atomic E-state index is -0.427. The van der Waals surface area contributed by atoms with E-state index in [1.165, 1.54) is 17.7 Å². The van der Waals surface area contributed by atoms with Crippen LogP contribution in [-0.2, 0) is 17.8 Å². The van der Waals surface area contributed by atoms with Crippen molar-refractivity contribution in [3.05, 3.63) is 65.0 Å². The van der Waals surface area contributed by atoms with Gasteiger partial charge >= 0.3 is 6.09 Å². The van der Waals surface area contributed by atoms with Gasteiger partial charge in [0.1, 0.15) is 5.82 Å². The standard InChI is InChI=1S/C24H28FN3O3/c25-20-7-5-17(6-8-20)23(29)18-9-12-28(13-10-18)11-2-14-31-24(30)27-22-4-1-3-19-15-26-16-21(19)22/h1,3-8,18,26H,2,9-16H2,(H,27,30). The lowest BCUT2D eigenvalue weighted by Crippen LogP contribution is -2.37. The number of nitrogens with one attached hydrogen (secondary N) is 2. The van der Waals surface area contributed by atoms with Crippen molar-refractivity contribution in [2.24, 2.45) is 5.92 Å². The van der Waals surface area contributed by atoms with E-state index in [0.29, 0.717) is 12.2 Å². The third-order valence-electron chi connectivity index (χ3n) is 6.07. The largest absolute Gasteiger partial charge is 0.449 e. The van der Waals surface area contributed by atoms with Gasteiger partial charge in [-0.3, -0.25) is 10.1 Å². The van der Waals surface area contributed by atoms with Crippen LogP contribution in [0.4, 0.5) is 14.9 Å². The van der Waals surface area contributed by atoms with Crippen LogP contribution in [0.1, 0.15) is 40.7 Å². The topological polar surface area (TPSA) is 70.7 Å². The summed E-state index contributed by atoms with van der Waals surface area (Å²) in [5.74, 6) is -0.236. The number of carbonyl (C=O) groups is 2. The number of hydrogen-bond acceptors (Lipinski definition) is 5. The van der Waals surface area contributed by atoms with Gasteiger partial charge in [-0.1, -0.05) is 12.1 Å². The van der Waals surface area contributed by atoms with Gasteiger partial charge in [0.05, 0.1) is 6.61 Å². The molecule has 2 N–H and O–H groups in total. The highest BCUT2D eigenvalue weighted by atomic mass is 19.1. The van der Waals surface area contributed by atoms with Gasteiger partial charge < -0.3 is 15.0 Å². The Morgan fingerprint density at radius 3 is 2.65 bits per heavy atom. The molecule has 2 aliphatic rings. The first-order valence-corrected chi connectivity index (χ1v) is 10.9. The number of hydrogen-bond donors (Lipinski definition) is 2. The third-order valence-corrected chi connectivity index (χ3v) is 6.07. The highest BCUT2D eigenvalue weighted by molar-refractivity contribution is 5.97. The van der Waals surface area contributed by atoms with Crippen LogP contribution in [-0.4, -0.2) is 43.0 Å². The molecular formula is C24H28FN3O3. The zero-order chi connectivity index (χ0) is 21.6. The van der Waals surface area contributed by atoms with E-state index in [9.17, 15) is 14.0 Å². The van der Waals surface area contributed by atoms with Crippen molar-refractivity contribution in [1.29, 1.82) is 0 Å². The van der Waals surface area contributed by atoms with Crippen LogP contribution in [0.3, 0.4) is 0 Å². The number of carbonyl (C=O) groups excluding carboxylic acids is 2. The monoisotopic (exact) mass is 425 g/mol. The Bertz CT molecular complexity index is 924. The quantitative estimate of drug-likeness (QED) is 0.519. The molecule has 0 unspecified atom stereocenters. The van der Waals surface area contributed by atoms with E-state index in [-0.39, 0.29) is 17.5 Å². The summed E-state index contributed by atoms with van der Waals surface area (Å²) in [6, 6.07) is 11.7. The third kappa shape index (κ3) is 5.48. The molecule has 0 atom stereocenters. The molecule has 2 aromatic carbocycles. The van der Waals surface area contributed by atoms with Gasteiger partial charge in [0.25, 0.3) is 0 Å².